The monoisotopic (exact) mass is 754 g/mol. The van der Waals surface area contributed by atoms with Gasteiger partial charge in [-0.15, -0.1) is 0 Å². The number of hydrogen-bond acceptors (Lipinski definition) is 7. The number of benzene rings is 2. The van der Waals surface area contributed by atoms with E-state index in [1.165, 1.54) is 12.0 Å². The van der Waals surface area contributed by atoms with Gasteiger partial charge in [0, 0.05) is 53.7 Å². The van der Waals surface area contributed by atoms with Crippen LogP contribution in [0.1, 0.15) is 116 Å². The van der Waals surface area contributed by atoms with Crippen molar-refractivity contribution in [2.75, 3.05) is 27.2 Å². The van der Waals surface area contributed by atoms with Crippen molar-refractivity contribution < 1.29 is 22.7 Å². The number of hydrogen-bond donors (Lipinski definition) is 1. The Balaban J connectivity index is 1.46. The van der Waals surface area contributed by atoms with Crippen LogP contribution in [0.4, 0.5) is 0 Å². The van der Waals surface area contributed by atoms with E-state index >= 15 is 0 Å². The molecule has 7 rings (SSSR count). The van der Waals surface area contributed by atoms with Gasteiger partial charge in [0.1, 0.15) is 5.75 Å². The van der Waals surface area contributed by atoms with Gasteiger partial charge < -0.3 is 14.2 Å². The number of allylic oxidation sites excluding steroid dienone is 1. The molecule has 54 heavy (non-hydrogen) atoms. The number of ether oxygens (including phenoxy) is 1. The van der Waals surface area contributed by atoms with E-state index < -0.39 is 21.2 Å². The lowest BCUT2D eigenvalue weighted by molar-refractivity contribution is 0.0413. The Kier molecular flexibility index (Phi) is 10.3. The minimum absolute atomic E-state index is 0.0178. The third kappa shape index (κ3) is 6.65. The smallest absolute Gasteiger partial charge is 0.264 e. The quantitative estimate of drug-likeness (QED) is 0.204. The van der Waals surface area contributed by atoms with Crippen molar-refractivity contribution in [2.45, 2.75) is 110 Å². The maximum Gasteiger partial charge on any atom is 0.264 e. The molecule has 0 bridgehead atoms. The molecular formula is C42H54N6O5S. The molecule has 2 atom stereocenters. The van der Waals surface area contributed by atoms with Crippen LogP contribution in [0.25, 0.3) is 33.8 Å². The zero-order valence-electron chi connectivity index (χ0n) is 32.9. The van der Waals surface area contributed by atoms with Gasteiger partial charge in [0.15, 0.2) is 0 Å². The zero-order valence-corrected chi connectivity index (χ0v) is 33.7. The Labute approximate surface area is 319 Å². The highest BCUT2D eigenvalue weighted by Gasteiger charge is 2.36. The first-order chi connectivity index (χ1) is 25.7. The molecule has 4 aromatic rings. The molecule has 1 saturated heterocycles. The summed E-state index contributed by atoms with van der Waals surface area (Å²) in [5.41, 5.74) is 8.51. The van der Waals surface area contributed by atoms with E-state index in [1.54, 1.807) is 27.0 Å². The fourth-order valence-electron chi connectivity index (χ4n) is 8.75. The van der Waals surface area contributed by atoms with Gasteiger partial charge >= 0.3 is 0 Å². The molecule has 4 heterocycles. The van der Waals surface area contributed by atoms with Crippen molar-refractivity contribution in [1.82, 2.24) is 28.9 Å². The van der Waals surface area contributed by atoms with Crippen LogP contribution >= 0.6 is 0 Å². The Morgan fingerprint density at radius 3 is 2.35 bits per heavy atom. The lowest BCUT2D eigenvalue weighted by atomic mass is 9.81. The summed E-state index contributed by atoms with van der Waals surface area (Å²) in [7, 11) is -0.0533. The van der Waals surface area contributed by atoms with E-state index in [1.807, 2.05) is 41.6 Å². The minimum atomic E-state index is -3.84. The zero-order chi connectivity index (χ0) is 38.6. The first-order valence-electron chi connectivity index (χ1n) is 19.4. The van der Waals surface area contributed by atoms with Crippen molar-refractivity contribution in [3.8, 4) is 17.0 Å². The molecule has 2 fully saturated rings. The molecule has 288 valence electrons. The van der Waals surface area contributed by atoms with Crippen LogP contribution in [-0.2, 0) is 23.1 Å². The topological polar surface area (TPSA) is 119 Å². The van der Waals surface area contributed by atoms with Gasteiger partial charge in [-0.25, -0.2) is 13.1 Å². The van der Waals surface area contributed by atoms with Crippen LogP contribution in [-0.4, -0.2) is 89.0 Å². The minimum Gasteiger partial charge on any atom is -0.497 e. The van der Waals surface area contributed by atoms with Gasteiger partial charge in [-0.2, -0.15) is 5.10 Å². The molecule has 1 N–H and O–H groups in total. The van der Waals surface area contributed by atoms with E-state index in [0.717, 1.165) is 70.4 Å². The van der Waals surface area contributed by atoms with E-state index in [0.29, 0.717) is 43.4 Å². The maximum atomic E-state index is 14.7. The predicted molar refractivity (Wildman–Crippen MR) is 214 cm³/mol. The Hall–Kier alpha value is -4.42. The van der Waals surface area contributed by atoms with Crippen molar-refractivity contribution in [3.63, 3.8) is 0 Å². The van der Waals surface area contributed by atoms with Crippen LogP contribution < -0.4 is 9.46 Å². The summed E-state index contributed by atoms with van der Waals surface area (Å²) in [6.07, 6.45) is 7.81. The highest BCUT2D eigenvalue weighted by molar-refractivity contribution is 7.90. The number of carbonyl (C=O) groups is 2. The maximum absolute atomic E-state index is 14.7. The summed E-state index contributed by atoms with van der Waals surface area (Å²) in [4.78, 5) is 32.5. The van der Waals surface area contributed by atoms with Crippen molar-refractivity contribution >= 4 is 44.4 Å². The Morgan fingerprint density at radius 2 is 1.70 bits per heavy atom. The molecule has 3 aliphatic rings. The number of sulfonamides is 1. The number of aromatic nitrogens is 3. The van der Waals surface area contributed by atoms with E-state index in [2.05, 4.69) is 53.3 Å². The molecular weight excluding hydrogens is 701 g/mol. The number of rotatable bonds is 8. The van der Waals surface area contributed by atoms with Gasteiger partial charge in [-0.3, -0.25) is 19.2 Å². The van der Waals surface area contributed by atoms with Crippen molar-refractivity contribution in [2.24, 2.45) is 0 Å². The van der Waals surface area contributed by atoms with Crippen LogP contribution in [0.15, 0.2) is 36.4 Å². The van der Waals surface area contributed by atoms with E-state index in [4.69, 9.17) is 9.84 Å². The van der Waals surface area contributed by atoms with Crippen LogP contribution in [0.5, 0.6) is 5.75 Å². The number of piperazine rings is 1. The highest BCUT2D eigenvalue weighted by atomic mass is 32.2. The number of amides is 2. The molecule has 2 amide bonds. The van der Waals surface area contributed by atoms with Crippen LogP contribution in [0.2, 0.25) is 0 Å². The van der Waals surface area contributed by atoms with Crippen molar-refractivity contribution in [1.29, 1.82) is 0 Å². The number of carbonyl (C=O) groups excluding carboxylic acids is 2. The van der Waals surface area contributed by atoms with Gasteiger partial charge in [0.2, 0.25) is 10.0 Å². The highest BCUT2D eigenvalue weighted by Crippen LogP contribution is 2.48. The van der Waals surface area contributed by atoms with Gasteiger partial charge in [0.05, 0.1) is 41.5 Å². The molecule has 2 aromatic heterocycles. The average molecular weight is 755 g/mol. The van der Waals surface area contributed by atoms with Crippen LogP contribution in [0, 0.1) is 6.92 Å². The average Bonchev–Trinajstić information content (AvgIpc) is 3.60. The fraction of sp³-hybridized carbons (Fsp3) is 0.500. The molecule has 0 unspecified atom stereocenters. The standard InChI is InChI=1S/C42H54N6O5S/c1-9-48-39(37(28(6)43-48)42(50)46-22-26(4)45(7)27(5)23-46)32-19-31-20-33(53-8)16-18-34(31)40-38(29-13-11-10-12-14-29)35-17-15-30(21-36(35)47(40)24-32)41(49)44-54(51,52)25(2)3/h15-21,25-27,29H,9-14,22-24H2,1-8H3,(H,44,49)/t26-,27+. The molecule has 12 heteroatoms. The number of methoxy groups -OCH3 is 1. The first kappa shape index (κ1) is 37.9. The second kappa shape index (κ2) is 14.7. The largest absolute Gasteiger partial charge is 0.497 e. The molecule has 2 aliphatic heterocycles. The molecule has 1 aliphatic carbocycles. The molecule has 0 spiro atoms. The summed E-state index contributed by atoms with van der Waals surface area (Å²) < 4.78 is 37.8. The summed E-state index contributed by atoms with van der Waals surface area (Å²) in [5.74, 6) is 0.376. The Morgan fingerprint density at radius 1 is 1.00 bits per heavy atom. The summed E-state index contributed by atoms with van der Waals surface area (Å²) in [6, 6.07) is 12.2. The summed E-state index contributed by atoms with van der Waals surface area (Å²) >= 11 is 0. The second-order valence-electron chi connectivity index (χ2n) is 15.8. The number of nitrogens with one attached hydrogen (secondary N) is 1. The molecule has 11 nitrogen and oxygen atoms in total. The predicted octanol–water partition coefficient (Wildman–Crippen LogP) is 7.08. The lowest BCUT2D eigenvalue weighted by Gasteiger charge is -2.42. The molecule has 1 saturated carbocycles. The lowest BCUT2D eigenvalue weighted by Crippen LogP contribution is -2.56. The summed E-state index contributed by atoms with van der Waals surface area (Å²) in [6.45, 7) is 13.6. The molecule has 2 aromatic carbocycles. The third-order valence-corrected chi connectivity index (χ3v) is 13.7. The fourth-order valence-corrected chi connectivity index (χ4v) is 9.37. The van der Waals surface area contributed by atoms with Crippen LogP contribution in [0.3, 0.4) is 0 Å². The van der Waals surface area contributed by atoms with Gasteiger partial charge in [0.25, 0.3) is 11.8 Å². The number of likely N-dealkylation sites (N-methyl/N-ethyl adjacent to an activating group) is 1. The SMILES string of the molecule is CCn1nc(C)c(C(=O)N2C[C@@H](C)N(C)[C@@H](C)C2)c1C1=Cc2cc(OC)ccc2-c2c(C3CCCCC3)c3ccc(C(=O)NS(=O)(=O)C(C)C)cc3n2C1. The molecule has 0 radical (unpaired) electrons. The number of fused-ring (bicyclic) bond motifs is 5. The normalized spacial score (nSPS) is 19.7. The van der Waals surface area contributed by atoms with E-state index in [9.17, 15) is 18.0 Å². The van der Waals surface area contributed by atoms with E-state index in [-0.39, 0.29) is 23.6 Å². The van der Waals surface area contributed by atoms with Crippen molar-refractivity contribution in [3.05, 3.63) is 70.0 Å². The Bertz CT molecular complexity index is 2250. The number of nitrogens with zero attached hydrogens (tertiary/aromatic N) is 5. The van der Waals surface area contributed by atoms with Gasteiger partial charge in [-0.05, 0) is 120 Å². The first-order valence-corrected chi connectivity index (χ1v) is 21.0. The number of aryl methyl sites for hydroxylation is 2. The third-order valence-electron chi connectivity index (χ3n) is 12.0. The van der Waals surface area contributed by atoms with Gasteiger partial charge in [-0.1, -0.05) is 25.3 Å². The summed E-state index contributed by atoms with van der Waals surface area (Å²) in [5, 5.41) is 5.25. The second-order valence-corrected chi connectivity index (χ2v) is 18.0.